The van der Waals surface area contributed by atoms with Crippen molar-refractivity contribution in [2.45, 2.75) is 5.41 Å². The number of carbonyl (C=O) groups is 1. The average Bonchev–Trinajstić information content (AvgIpc) is 3.23. The number of nitriles is 1. The van der Waals surface area contributed by atoms with Crippen molar-refractivity contribution in [2.75, 3.05) is 5.32 Å². The number of nitrogens with one attached hydrogen (secondary N) is 3. The lowest BCUT2D eigenvalue weighted by atomic mass is 9.65. The number of benzene rings is 2. The Balaban J connectivity index is 1.91. The zero-order valence-corrected chi connectivity index (χ0v) is 15.0. The summed E-state index contributed by atoms with van der Waals surface area (Å²) in [7, 11) is 0. The first kappa shape index (κ1) is 16.5. The molecule has 2 aromatic carbocycles. The normalized spacial score (nSPS) is 22.2. The molecule has 28 heavy (non-hydrogen) atoms. The summed E-state index contributed by atoms with van der Waals surface area (Å²) in [6, 6.07) is 16.5. The molecular weight excluding hydrogens is 378 g/mol. The fourth-order valence-electron chi connectivity index (χ4n) is 4.07. The lowest BCUT2D eigenvalue weighted by molar-refractivity contribution is -0.120. The van der Waals surface area contributed by atoms with Crippen LogP contribution in [-0.2, 0) is 10.2 Å². The van der Waals surface area contributed by atoms with Gasteiger partial charge in [0.25, 0.3) is 0 Å². The number of aromatic amines is 1. The number of aromatic nitrogens is 2. The SMILES string of the molecule is N#CC1C(=N)Oc2n[nH]c(-c3ccccc3)c2C12C(=O)Nc1ccc(Cl)cc12. The second-order valence-corrected chi connectivity index (χ2v) is 7.06. The van der Waals surface area contributed by atoms with Gasteiger partial charge >= 0.3 is 0 Å². The van der Waals surface area contributed by atoms with Crippen LogP contribution in [0.25, 0.3) is 11.3 Å². The minimum atomic E-state index is -1.49. The lowest BCUT2D eigenvalue weighted by Crippen LogP contribution is -2.50. The van der Waals surface area contributed by atoms with Crippen molar-refractivity contribution in [1.82, 2.24) is 10.2 Å². The summed E-state index contributed by atoms with van der Waals surface area (Å²) in [5.41, 5.74) is 1.37. The van der Waals surface area contributed by atoms with Crippen LogP contribution in [-0.4, -0.2) is 22.0 Å². The number of H-pyrrole nitrogens is 1. The summed E-state index contributed by atoms with van der Waals surface area (Å²) < 4.78 is 5.52. The topological polar surface area (TPSA) is 115 Å². The highest BCUT2D eigenvalue weighted by Gasteiger charge is 2.62. The molecular formula is C20H12ClN5O2. The predicted octanol–water partition coefficient (Wildman–Crippen LogP) is 3.48. The summed E-state index contributed by atoms with van der Waals surface area (Å²) in [6.07, 6.45) is 0. The molecule has 1 spiro atoms. The van der Waals surface area contributed by atoms with Gasteiger partial charge in [-0.05, 0) is 23.8 Å². The Hall–Kier alpha value is -3.63. The highest BCUT2D eigenvalue weighted by molar-refractivity contribution is 6.31. The van der Waals surface area contributed by atoms with E-state index in [4.69, 9.17) is 21.7 Å². The molecule has 3 aromatic rings. The molecule has 0 fully saturated rings. The molecule has 2 aliphatic rings. The fourth-order valence-corrected chi connectivity index (χ4v) is 4.24. The zero-order valence-electron chi connectivity index (χ0n) is 14.3. The molecule has 2 atom stereocenters. The molecule has 7 nitrogen and oxygen atoms in total. The number of hydrogen-bond donors (Lipinski definition) is 3. The molecule has 0 saturated heterocycles. The Bertz CT molecular complexity index is 1200. The van der Waals surface area contributed by atoms with Crippen LogP contribution in [0.2, 0.25) is 5.02 Å². The Morgan fingerprint density at radius 1 is 1.25 bits per heavy atom. The average molecular weight is 390 g/mol. The number of carbonyl (C=O) groups excluding carboxylic acids is 1. The number of ether oxygens (including phenoxy) is 1. The second kappa shape index (κ2) is 5.68. The second-order valence-electron chi connectivity index (χ2n) is 6.63. The van der Waals surface area contributed by atoms with E-state index in [2.05, 4.69) is 21.6 Å². The Morgan fingerprint density at radius 2 is 2.04 bits per heavy atom. The molecule has 1 amide bonds. The maximum Gasteiger partial charge on any atom is 0.244 e. The lowest BCUT2D eigenvalue weighted by Gasteiger charge is -2.35. The number of halogens is 1. The molecule has 3 N–H and O–H groups in total. The number of fused-ring (bicyclic) bond motifs is 4. The fraction of sp³-hybridized carbons (Fsp3) is 0.100. The molecule has 136 valence electrons. The third kappa shape index (κ3) is 1.95. The minimum absolute atomic E-state index is 0.110. The van der Waals surface area contributed by atoms with Crippen molar-refractivity contribution in [3.63, 3.8) is 0 Å². The van der Waals surface area contributed by atoms with Gasteiger partial charge in [0.05, 0.1) is 17.3 Å². The minimum Gasteiger partial charge on any atom is -0.422 e. The molecule has 0 bridgehead atoms. The van der Waals surface area contributed by atoms with Crippen molar-refractivity contribution in [2.24, 2.45) is 5.92 Å². The van der Waals surface area contributed by atoms with E-state index >= 15 is 0 Å². The molecule has 1 aromatic heterocycles. The summed E-state index contributed by atoms with van der Waals surface area (Å²) in [6.45, 7) is 0. The summed E-state index contributed by atoms with van der Waals surface area (Å²) >= 11 is 6.23. The number of amides is 1. The van der Waals surface area contributed by atoms with Gasteiger partial charge in [0.15, 0.2) is 0 Å². The van der Waals surface area contributed by atoms with Crippen LogP contribution >= 0.6 is 11.6 Å². The maximum atomic E-state index is 13.4. The van der Waals surface area contributed by atoms with Gasteiger partial charge in [-0.25, -0.2) is 0 Å². The van der Waals surface area contributed by atoms with Crippen LogP contribution in [0.15, 0.2) is 48.5 Å². The van der Waals surface area contributed by atoms with Crippen LogP contribution in [0.1, 0.15) is 11.1 Å². The third-order valence-corrected chi connectivity index (χ3v) is 5.47. The summed E-state index contributed by atoms with van der Waals surface area (Å²) in [5.74, 6) is -1.80. The van der Waals surface area contributed by atoms with Gasteiger partial charge in [-0.3, -0.25) is 15.3 Å². The van der Waals surface area contributed by atoms with E-state index < -0.39 is 17.2 Å². The predicted molar refractivity (Wildman–Crippen MR) is 102 cm³/mol. The van der Waals surface area contributed by atoms with Crippen molar-refractivity contribution in [3.8, 4) is 23.2 Å². The highest BCUT2D eigenvalue weighted by Crippen LogP contribution is 2.55. The third-order valence-electron chi connectivity index (χ3n) is 5.23. The molecule has 2 aliphatic heterocycles. The van der Waals surface area contributed by atoms with E-state index in [1.54, 1.807) is 18.2 Å². The molecule has 2 unspecified atom stereocenters. The van der Waals surface area contributed by atoms with E-state index in [0.717, 1.165) is 5.56 Å². The molecule has 3 heterocycles. The van der Waals surface area contributed by atoms with Gasteiger partial charge in [-0.1, -0.05) is 41.9 Å². The Labute approximate surface area is 164 Å². The molecule has 0 radical (unpaired) electrons. The van der Waals surface area contributed by atoms with E-state index in [0.29, 0.717) is 27.5 Å². The van der Waals surface area contributed by atoms with Crippen LogP contribution in [0.3, 0.4) is 0 Å². The van der Waals surface area contributed by atoms with Gasteiger partial charge in [-0.15, -0.1) is 5.10 Å². The number of nitrogens with zero attached hydrogens (tertiary/aromatic N) is 2. The standard InChI is InChI=1S/C20H12ClN5O2/c21-11-6-7-14-12(8-11)20(19(27)24-14)13(9-22)17(23)28-18-15(20)16(25-26-18)10-4-2-1-3-5-10/h1-8,13,23H,(H,24,27)(H,25,26). The van der Waals surface area contributed by atoms with Crippen molar-refractivity contribution in [1.29, 1.82) is 10.7 Å². The largest absolute Gasteiger partial charge is 0.422 e. The van der Waals surface area contributed by atoms with Gasteiger partial charge < -0.3 is 10.1 Å². The first-order valence-electron chi connectivity index (χ1n) is 8.49. The van der Waals surface area contributed by atoms with E-state index in [-0.39, 0.29) is 11.8 Å². The van der Waals surface area contributed by atoms with Crippen LogP contribution in [0, 0.1) is 22.7 Å². The van der Waals surface area contributed by atoms with E-state index in [9.17, 15) is 10.1 Å². The summed E-state index contributed by atoms with van der Waals surface area (Å²) in [5, 5.41) is 28.5. The van der Waals surface area contributed by atoms with Gasteiger partial charge in [0.1, 0.15) is 11.3 Å². The highest BCUT2D eigenvalue weighted by atomic mass is 35.5. The van der Waals surface area contributed by atoms with Crippen molar-refractivity contribution < 1.29 is 9.53 Å². The summed E-state index contributed by atoms with van der Waals surface area (Å²) in [4.78, 5) is 13.4. The first-order valence-corrected chi connectivity index (χ1v) is 8.86. The number of anilines is 1. The van der Waals surface area contributed by atoms with Crippen molar-refractivity contribution in [3.05, 3.63) is 64.7 Å². The van der Waals surface area contributed by atoms with Crippen LogP contribution in [0.4, 0.5) is 5.69 Å². The molecule has 0 aliphatic carbocycles. The van der Waals surface area contributed by atoms with Crippen molar-refractivity contribution >= 4 is 29.1 Å². The molecule has 8 heteroatoms. The molecule has 0 saturated carbocycles. The van der Waals surface area contributed by atoms with E-state index in [1.165, 1.54) is 0 Å². The first-order chi connectivity index (χ1) is 13.6. The smallest absolute Gasteiger partial charge is 0.244 e. The Kier molecular flexibility index (Phi) is 3.36. The Morgan fingerprint density at radius 3 is 2.79 bits per heavy atom. The van der Waals surface area contributed by atoms with E-state index in [1.807, 2.05) is 30.3 Å². The quantitative estimate of drug-likeness (QED) is 0.591. The zero-order chi connectivity index (χ0) is 19.5. The maximum absolute atomic E-state index is 13.4. The number of hydrogen-bond acceptors (Lipinski definition) is 5. The van der Waals surface area contributed by atoms with Gasteiger partial charge in [0, 0.05) is 16.3 Å². The van der Waals surface area contributed by atoms with Gasteiger partial charge in [-0.2, -0.15) is 5.26 Å². The van der Waals surface area contributed by atoms with Gasteiger partial charge in [0.2, 0.25) is 17.7 Å². The van der Waals surface area contributed by atoms with Crippen LogP contribution < -0.4 is 10.1 Å². The monoisotopic (exact) mass is 389 g/mol. The van der Waals surface area contributed by atoms with Crippen LogP contribution in [0.5, 0.6) is 5.88 Å². The number of rotatable bonds is 1. The molecule has 5 rings (SSSR count).